The van der Waals surface area contributed by atoms with Gasteiger partial charge in [-0.1, -0.05) is 92.1 Å². The maximum absolute atomic E-state index is 5.88. The molecule has 0 fully saturated rings. The fourth-order valence-electron chi connectivity index (χ4n) is 3.30. The van der Waals surface area contributed by atoms with Gasteiger partial charge in [-0.05, 0) is 54.7 Å². The van der Waals surface area contributed by atoms with Crippen LogP contribution < -0.4 is 9.47 Å². The fourth-order valence-corrected chi connectivity index (χ4v) is 3.70. The van der Waals surface area contributed by atoms with E-state index in [1.807, 2.05) is 0 Å². The van der Waals surface area contributed by atoms with Gasteiger partial charge in [0.05, 0.1) is 13.2 Å². The van der Waals surface area contributed by atoms with E-state index < -0.39 is 0 Å². The molecule has 3 heteroatoms. The summed E-state index contributed by atoms with van der Waals surface area (Å²) in [5.41, 5.74) is 2.41. The Morgan fingerprint density at radius 3 is 1.41 bits per heavy atom. The highest BCUT2D eigenvalue weighted by atomic mass is 79.9. The highest BCUT2D eigenvalue weighted by Gasteiger charge is 2.01. The van der Waals surface area contributed by atoms with Crippen LogP contribution in [0.3, 0.4) is 0 Å². The van der Waals surface area contributed by atoms with Gasteiger partial charge in [0.15, 0.2) is 0 Å². The second-order valence-electron chi connectivity index (χ2n) is 7.62. The smallest absolute Gasteiger partial charge is 0.119 e. The van der Waals surface area contributed by atoms with Gasteiger partial charge in [-0.2, -0.15) is 0 Å². The third-order valence-corrected chi connectivity index (χ3v) is 5.67. The van der Waals surface area contributed by atoms with Gasteiger partial charge < -0.3 is 9.47 Å². The zero-order valence-corrected chi connectivity index (χ0v) is 19.6. The number of rotatable bonds is 16. The van der Waals surface area contributed by atoms with Gasteiger partial charge in [0.25, 0.3) is 0 Å². The van der Waals surface area contributed by atoms with Crippen molar-refractivity contribution in [1.29, 1.82) is 0 Å². The minimum absolute atomic E-state index is 0.798. The molecule has 0 bridgehead atoms. The molecule has 0 N–H and O–H groups in total. The SMILES string of the molecule is CCCCCCCCOc1ccc(-c2ccc(OCCCCCCBr)cc2)cc1. The number of ether oxygens (including phenoxy) is 2. The lowest BCUT2D eigenvalue weighted by Gasteiger charge is -2.09. The van der Waals surface area contributed by atoms with Crippen molar-refractivity contribution in [2.75, 3.05) is 18.5 Å². The maximum Gasteiger partial charge on any atom is 0.119 e. The summed E-state index contributed by atoms with van der Waals surface area (Å²) in [5, 5.41) is 1.10. The predicted molar refractivity (Wildman–Crippen MR) is 129 cm³/mol. The molecule has 2 aromatic carbocycles. The number of halogens is 1. The minimum atomic E-state index is 0.798. The number of alkyl halides is 1. The average molecular weight is 461 g/mol. The highest BCUT2D eigenvalue weighted by Crippen LogP contribution is 2.25. The van der Waals surface area contributed by atoms with Gasteiger partial charge in [-0.3, -0.25) is 0 Å². The van der Waals surface area contributed by atoms with Gasteiger partial charge in [0, 0.05) is 5.33 Å². The van der Waals surface area contributed by atoms with Crippen molar-refractivity contribution in [2.45, 2.75) is 71.1 Å². The van der Waals surface area contributed by atoms with Crippen LogP contribution >= 0.6 is 15.9 Å². The van der Waals surface area contributed by atoms with E-state index in [2.05, 4.69) is 71.4 Å². The fraction of sp³-hybridized carbons (Fsp3) is 0.538. The summed E-state index contributed by atoms with van der Waals surface area (Å²) >= 11 is 3.47. The Balaban J connectivity index is 1.68. The number of benzene rings is 2. The van der Waals surface area contributed by atoms with Crippen molar-refractivity contribution in [2.24, 2.45) is 0 Å². The predicted octanol–water partition coefficient (Wildman–Crippen LogP) is 8.43. The molecule has 0 aliphatic rings. The normalized spacial score (nSPS) is 10.8. The van der Waals surface area contributed by atoms with Crippen molar-refractivity contribution < 1.29 is 9.47 Å². The lowest BCUT2D eigenvalue weighted by molar-refractivity contribution is 0.304. The molecule has 0 aliphatic heterocycles. The third kappa shape index (κ3) is 10.2. The molecule has 0 saturated carbocycles. The van der Waals surface area contributed by atoms with Crippen LogP contribution in [0.2, 0.25) is 0 Å². The summed E-state index contributed by atoms with van der Waals surface area (Å²) in [7, 11) is 0. The van der Waals surface area contributed by atoms with Crippen LogP contribution in [-0.2, 0) is 0 Å². The molecule has 0 heterocycles. The number of unbranched alkanes of at least 4 members (excludes halogenated alkanes) is 8. The topological polar surface area (TPSA) is 18.5 Å². The largest absolute Gasteiger partial charge is 0.494 e. The summed E-state index contributed by atoms with van der Waals surface area (Å²) in [6, 6.07) is 16.8. The van der Waals surface area contributed by atoms with Crippen molar-refractivity contribution >= 4 is 15.9 Å². The van der Waals surface area contributed by atoms with E-state index in [1.165, 1.54) is 62.5 Å². The molecule has 0 saturated heterocycles. The Bertz CT molecular complexity index is 637. The van der Waals surface area contributed by atoms with Gasteiger partial charge >= 0.3 is 0 Å². The Morgan fingerprint density at radius 1 is 0.552 bits per heavy atom. The molecule has 0 amide bonds. The van der Waals surface area contributed by atoms with E-state index in [4.69, 9.17) is 9.47 Å². The quantitative estimate of drug-likeness (QED) is 0.184. The minimum Gasteiger partial charge on any atom is -0.494 e. The molecule has 0 radical (unpaired) electrons. The van der Waals surface area contributed by atoms with Crippen LogP contribution in [0.4, 0.5) is 0 Å². The van der Waals surface area contributed by atoms with Crippen LogP contribution in [0, 0.1) is 0 Å². The van der Waals surface area contributed by atoms with Gasteiger partial charge in [-0.15, -0.1) is 0 Å². The maximum atomic E-state index is 5.88. The Labute approximate surface area is 186 Å². The van der Waals surface area contributed by atoms with Gasteiger partial charge in [-0.25, -0.2) is 0 Å². The van der Waals surface area contributed by atoms with E-state index in [9.17, 15) is 0 Å². The molecule has 2 aromatic rings. The lowest BCUT2D eigenvalue weighted by atomic mass is 10.1. The third-order valence-electron chi connectivity index (χ3n) is 5.11. The Hall–Kier alpha value is -1.48. The van der Waals surface area contributed by atoms with Crippen molar-refractivity contribution in [3.8, 4) is 22.6 Å². The molecule has 29 heavy (non-hydrogen) atoms. The molecular formula is C26H37BrO2. The molecule has 0 atom stereocenters. The Morgan fingerprint density at radius 2 is 0.966 bits per heavy atom. The number of hydrogen-bond acceptors (Lipinski definition) is 2. The molecule has 2 nitrogen and oxygen atoms in total. The summed E-state index contributed by atoms with van der Waals surface area (Å²) in [6.07, 6.45) is 12.6. The van der Waals surface area contributed by atoms with E-state index in [0.717, 1.165) is 42.9 Å². The zero-order chi connectivity index (χ0) is 20.6. The van der Waals surface area contributed by atoms with Gasteiger partial charge in [0.1, 0.15) is 11.5 Å². The number of hydrogen-bond donors (Lipinski definition) is 0. The van der Waals surface area contributed by atoms with Crippen LogP contribution in [0.15, 0.2) is 48.5 Å². The van der Waals surface area contributed by atoms with Crippen LogP contribution in [0.1, 0.15) is 71.1 Å². The van der Waals surface area contributed by atoms with Crippen molar-refractivity contribution in [3.05, 3.63) is 48.5 Å². The standard InChI is InChI=1S/C26H37BrO2/c1-2-3-4-5-7-10-21-28-25-16-12-23(13-17-25)24-14-18-26(19-15-24)29-22-11-8-6-9-20-27/h12-19H,2-11,20-22H2,1H3. The molecule has 160 valence electrons. The average Bonchev–Trinajstić information content (AvgIpc) is 2.76. The van der Waals surface area contributed by atoms with Crippen molar-refractivity contribution in [1.82, 2.24) is 0 Å². The van der Waals surface area contributed by atoms with Crippen LogP contribution in [0.25, 0.3) is 11.1 Å². The first kappa shape index (κ1) is 23.8. The summed E-state index contributed by atoms with van der Waals surface area (Å²) < 4.78 is 11.7. The first-order valence-corrected chi connectivity index (χ1v) is 12.5. The molecule has 0 unspecified atom stereocenters. The van der Waals surface area contributed by atoms with E-state index in [-0.39, 0.29) is 0 Å². The van der Waals surface area contributed by atoms with E-state index >= 15 is 0 Å². The lowest BCUT2D eigenvalue weighted by Crippen LogP contribution is -1.97. The molecule has 0 aromatic heterocycles. The monoisotopic (exact) mass is 460 g/mol. The highest BCUT2D eigenvalue weighted by molar-refractivity contribution is 9.09. The Kier molecular flexibility index (Phi) is 12.6. The van der Waals surface area contributed by atoms with Crippen molar-refractivity contribution in [3.63, 3.8) is 0 Å². The second-order valence-corrected chi connectivity index (χ2v) is 8.41. The van der Waals surface area contributed by atoms with E-state index in [0.29, 0.717) is 0 Å². The summed E-state index contributed by atoms with van der Waals surface area (Å²) in [5.74, 6) is 1.91. The zero-order valence-electron chi connectivity index (χ0n) is 18.0. The first-order chi connectivity index (χ1) is 14.3. The van der Waals surface area contributed by atoms with Crippen LogP contribution in [-0.4, -0.2) is 18.5 Å². The van der Waals surface area contributed by atoms with Gasteiger partial charge in [0.2, 0.25) is 0 Å². The molecule has 0 spiro atoms. The summed E-state index contributed by atoms with van der Waals surface area (Å²) in [4.78, 5) is 0. The molecule has 0 aliphatic carbocycles. The molecular weight excluding hydrogens is 424 g/mol. The summed E-state index contributed by atoms with van der Waals surface area (Å²) in [6.45, 7) is 3.87. The van der Waals surface area contributed by atoms with E-state index in [1.54, 1.807) is 0 Å². The first-order valence-electron chi connectivity index (χ1n) is 11.4. The second kappa shape index (κ2) is 15.4. The van der Waals surface area contributed by atoms with Crippen LogP contribution in [0.5, 0.6) is 11.5 Å². The molecule has 2 rings (SSSR count).